The highest BCUT2D eigenvalue weighted by Crippen LogP contribution is 2.44. The summed E-state index contributed by atoms with van der Waals surface area (Å²) >= 11 is 3.54. The van der Waals surface area contributed by atoms with Crippen LogP contribution in [0.1, 0.15) is 37.8 Å². The summed E-state index contributed by atoms with van der Waals surface area (Å²) in [7, 11) is 3.32. The minimum atomic E-state index is 0.0297. The number of ether oxygens (including phenoxy) is 2. The van der Waals surface area contributed by atoms with Crippen molar-refractivity contribution in [3.05, 3.63) is 22.2 Å². The van der Waals surface area contributed by atoms with Crippen LogP contribution >= 0.6 is 15.9 Å². The maximum Gasteiger partial charge on any atom is 0.141 e. The lowest BCUT2D eigenvalue weighted by Crippen LogP contribution is -2.20. The molecule has 0 amide bonds. The molecule has 3 unspecified atom stereocenters. The van der Waals surface area contributed by atoms with Gasteiger partial charge >= 0.3 is 0 Å². The normalized spacial score (nSPS) is 24.3. The second-order valence-corrected chi connectivity index (χ2v) is 6.20. The van der Waals surface area contributed by atoms with Crippen molar-refractivity contribution in [2.24, 2.45) is 17.6 Å². The molecule has 3 nitrogen and oxygen atoms in total. The van der Waals surface area contributed by atoms with Crippen LogP contribution in [0.25, 0.3) is 0 Å². The van der Waals surface area contributed by atoms with Crippen molar-refractivity contribution in [2.45, 2.75) is 32.2 Å². The first-order valence-corrected chi connectivity index (χ1v) is 7.53. The minimum Gasteiger partial charge on any atom is -0.495 e. The van der Waals surface area contributed by atoms with Crippen LogP contribution in [0.4, 0.5) is 0 Å². The van der Waals surface area contributed by atoms with Gasteiger partial charge in [-0.2, -0.15) is 0 Å². The van der Waals surface area contributed by atoms with Crippen molar-refractivity contribution in [1.29, 1.82) is 0 Å². The molecule has 0 aromatic heterocycles. The third kappa shape index (κ3) is 2.90. The smallest absolute Gasteiger partial charge is 0.141 e. The number of hydrogen-bond donors (Lipinski definition) is 1. The van der Waals surface area contributed by atoms with E-state index in [2.05, 4.69) is 22.9 Å². The lowest BCUT2D eigenvalue weighted by Gasteiger charge is -2.23. The molecule has 1 aliphatic carbocycles. The molecular formula is C15H22BrNO2. The number of benzene rings is 1. The van der Waals surface area contributed by atoms with Gasteiger partial charge in [-0.1, -0.05) is 13.3 Å². The molecule has 1 aliphatic rings. The van der Waals surface area contributed by atoms with E-state index in [1.54, 1.807) is 14.2 Å². The lowest BCUT2D eigenvalue weighted by atomic mass is 9.91. The zero-order chi connectivity index (χ0) is 14.0. The molecule has 0 heterocycles. The Hall–Kier alpha value is -0.740. The molecule has 0 spiro atoms. The van der Waals surface area contributed by atoms with Crippen LogP contribution in [-0.4, -0.2) is 14.2 Å². The minimum absolute atomic E-state index is 0.0297. The summed E-state index contributed by atoms with van der Waals surface area (Å²) in [6, 6.07) is 4.00. The number of halogens is 1. The summed E-state index contributed by atoms with van der Waals surface area (Å²) in [5, 5.41) is 0. The first-order valence-electron chi connectivity index (χ1n) is 6.74. The largest absolute Gasteiger partial charge is 0.495 e. The van der Waals surface area contributed by atoms with E-state index < -0.39 is 0 Å². The molecule has 106 valence electrons. The van der Waals surface area contributed by atoms with Gasteiger partial charge in [-0.25, -0.2) is 0 Å². The third-order valence-electron chi connectivity index (χ3n) is 4.12. The molecular weight excluding hydrogens is 306 g/mol. The monoisotopic (exact) mass is 327 g/mol. The third-order valence-corrected chi connectivity index (χ3v) is 4.87. The molecule has 2 rings (SSSR count). The van der Waals surface area contributed by atoms with Crippen LogP contribution in [0.15, 0.2) is 16.6 Å². The standard InChI is InChI=1S/C15H22BrNO2/c1-9-4-5-10(8-9)14(17)11-6-7-12(18-2)13(16)15(11)19-3/h6-7,9-10,14H,4-5,8,17H2,1-3H3. The van der Waals surface area contributed by atoms with Gasteiger partial charge in [0.1, 0.15) is 16.0 Å². The first kappa shape index (κ1) is 14.7. The summed E-state index contributed by atoms with van der Waals surface area (Å²) in [6.45, 7) is 2.30. The van der Waals surface area contributed by atoms with Gasteiger partial charge in [0.15, 0.2) is 0 Å². The van der Waals surface area contributed by atoms with Gasteiger partial charge in [0.25, 0.3) is 0 Å². The highest BCUT2D eigenvalue weighted by Gasteiger charge is 2.30. The van der Waals surface area contributed by atoms with E-state index in [1.807, 2.05) is 12.1 Å². The van der Waals surface area contributed by atoms with Crippen LogP contribution in [0.3, 0.4) is 0 Å². The summed E-state index contributed by atoms with van der Waals surface area (Å²) in [5.74, 6) is 2.90. The second-order valence-electron chi connectivity index (χ2n) is 5.41. The van der Waals surface area contributed by atoms with Gasteiger partial charge in [-0.3, -0.25) is 0 Å². The molecule has 0 saturated heterocycles. The summed E-state index contributed by atoms with van der Waals surface area (Å²) in [4.78, 5) is 0. The van der Waals surface area contributed by atoms with E-state index in [0.29, 0.717) is 5.92 Å². The zero-order valence-corrected chi connectivity index (χ0v) is 13.4. The molecule has 0 radical (unpaired) electrons. The van der Waals surface area contributed by atoms with Gasteiger partial charge in [-0.15, -0.1) is 0 Å². The van der Waals surface area contributed by atoms with Crippen molar-refractivity contribution < 1.29 is 9.47 Å². The molecule has 19 heavy (non-hydrogen) atoms. The molecule has 0 aliphatic heterocycles. The predicted molar refractivity (Wildman–Crippen MR) is 80.7 cm³/mol. The fourth-order valence-corrected chi connectivity index (χ4v) is 3.70. The summed E-state index contributed by atoms with van der Waals surface area (Å²) in [6.07, 6.45) is 3.68. The fraction of sp³-hybridized carbons (Fsp3) is 0.600. The summed E-state index contributed by atoms with van der Waals surface area (Å²) in [5.41, 5.74) is 7.52. The first-order chi connectivity index (χ1) is 9.08. The van der Waals surface area contributed by atoms with E-state index in [-0.39, 0.29) is 6.04 Å². The Balaban J connectivity index is 2.31. The predicted octanol–water partition coefficient (Wildman–Crippen LogP) is 3.90. The number of nitrogens with two attached hydrogens (primary N) is 1. The van der Waals surface area contributed by atoms with Crippen molar-refractivity contribution >= 4 is 15.9 Å². The zero-order valence-electron chi connectivity index (χ0n) is 11.8. The van der Waals surface area contributed by atoms with Crippen molar-refractivity contribution in [3.8, 4) is 11.5 Å². The lowest BCUT2D eigenvalue weighted by molar-refractivity contribution is 0.368. The van der Waals surface area contributed by atoms with Crippen molar-refractivity contribution in [2.75, 3.05) is 14.2 Å². The topological polar surface area (TPSA) is 44.5 Å². The average molecular weight is 328 g/mol. The fourth-order valence-electron chi connectivity index (χ4n) is 3.01. The van der Waals surface area contributed by atoms with Gasteiger partial charge in [-0.05, 0) is 52.7 Å². The van der Waals surface area contributed by atoms with Crippen LogP contribution in [0, 0.1) is 11.8 Å². The molecule has 1 fully saturated rings. The SMILES string of the molecule is COc1ccc(C(N)C2CCC(C)C2)c(OC)c1Br. The number of rotatable bonds is 4. The Labute approximate surface area is 123 Å². The Morgan fingerprint density at radius 1 is 1.26 bits per heavy atom. The second kappa shape index (κ2) is 6.14. The van der Waals surface area contributed by atoms with Crippen LogP contribution in [-0.2, 0) is 0 Å². The van der Waals surface area contributed by atoms with E-state index in [9.17, 15) is 0 Å². The van der Waals surface area contributed by atoms with Crippen LogP contribution < -0.4 is 15.2 Å². The Kier molecular flexibility index (Phi) is 4.74. The van der Waals surface area contributed by atoms with Crippen molar-refractivity contribution in [1.82, 2.24) is 0 Å². The molecule has 4 heteroatoms. The van der Waals surface area contributed by atoms with Gasteiger partial charge < -0.3 is 15.2 Å². The quantitative estimate of drug-likeness (QED) is 0.912. The summed E-state index contributed by atoms with van der Waals surface area (Å²) < 4.78 is 11.7. The maximum atomic E-state index is 6.46. The Bertz CT molecular complexity index is 450. The van der Waals surface area contributed by atoms with E-state index >= 15 is 0 Å². The van der Waals surface area contributed by atoms with Crippen LogP contribution in [0.5, 0.6) is 11.5 Å². The van der Waals surface area contributed by atoms with E-state index in [1.165, 1.54) is 19.3 Å². The maximum absolute atomic E-state index is 6.46. The van der Waals surface area contributed by atoms with E-state index in [0.717, 1.165) is 27.5 Å². The Morgan fingerprint density at radius 3 is 2.53 bits per heavy atom. The highest BCUT2D eigenvalue weighted by atomic mass is 79.9. The molecule has 1 aromatic rings. The number of methoxy groups -OCH3 is 2. The Morgan fingerprint density at radius 2 is 2.00 bits per heavy atom. The molecule has 0 bridgehead atoms. The van der Waals surface area contributed by atoms with E-state index in [4.69, 9.17) is 15.2 Å². The number of hydrogen-bond acceptors (Lipinski definition) is 3. The highest BCUT2D eigenvalue weighted by molar-refractivity contribution is 9.10. The molecule has 2 N–H and O–H groups in total. The molecule has 1 saturated carbocycles. The molecule has 3 atom stereocenters. The van der Waals surface area contributed by atoms with Crippen molar-refractivity contribution in [3.63, 3.8) is 0 Å². The molecule has 1 aromatic carbocycles. The van der Waals surface area contributed by atoms with Gasteiger partial charge in [0, 0.05) is 11.6 Å². The van der Waals surface area contributed by atoms with Crippen LogP contribution in [0.2, 0.25) is 0 Å². The van der Waals surface area contributed by atoms with Gasteiger partial charge in [0.05, 0.1) is 14.2 Å². The average Bonchev–Trinajstić information content (AvgIpc) is 2.84. The van der Waals surface area contributed by atoms with Gasteiger partial charge in [0.2, 0.25) is 0 Å².